The van der Waals surface area contributed by atoms with Crippen LogP contribution >= 0.6 is 11.3 Å². The summed E-state index contributed by atoms with van der Waals surface area (Å²) in [7, 11) is 0. The zero-order valence-electron chi connectivity index (χ0n) is 24.2. The molecule has 3 heterocycles. The Hall–Kier alpha value is -4.29. The molecule has 45 heavy (non-hydrogen) atoms. The van der Waals surface area contributed by atoms with E-state index in [0.717, 1.165) is 4.90 Å². The Labute approximate surface area is 259 Å². The van der Waals surface area contributed by atoms with E-state index in [0.29, 0.717) is 17.8 Å². The minimum atomic E-state index is -4.58. The van der Waals surface area contributed by atoms with Crippen molar-refractivity contribution in [2.24, 2.45) is 0 Å². The van der Waals surface area contributed by atoms with Crippen molar-refractivity contribution in [1.29, 1.82) is 0 Å². The summed E-state index contributed by atoms with van der Waals surface area (Å²) >= 11 is 1.25. The van der Waals surface area contributed by atoms with Gasteiger partial charge in [-0.25, -0.2) is 9.78 Å². The van der Waals surface area contributed by atoms with Gasteiger partial charge in [0.1, 0.15) is 23.8 Å². The first-order valence-electron chi connectivity index (χ1n) is 13.9. The summed E-state index contributed by atoms with van der Waals surface area (Å²) in [6.07, 6.45) is -6.71. The number of carbonyl (C=O) groups is 7. The molecule has 0 aromatic carbocycles. The Morgan fingerprint density at radius 1 is 1.18 bits per heavy atom. The lowest BCUT2D eigenvalue weighted by atomic mass is 10.1. The smallest absolute Gasteiger partial charge is 0.389 e. The molecule has 6 N–H and O–H groups in total. The minimum absolute atomic E-state index is 0.00414. The monoisotopic (exact) mass is 664 g/mol. The van der Waals surface area contributed by atoms with Crippen LogP contribution in [-0.2, 0) is 28.8 Å². The fourth-order valence-corrected chi connectivity index (χ4v) is 5.32. The Kier molecular flexibility index (Phi) is 14.2. The maximum Gasteiger partial charge on any atom is 0.389 e. The van der Waals surface area contributed by atoms with Crippen LogP contribution in [0.2, 0.25) is 0 Å². The van der Waals surface area contributed by atoms with E-state index in [2.05, 4.69) is 26.3 Å². The number of aryl methyl sites for hydroxylation is 1. The van der Waals surface area contributed by atoms with Crippen molar-refractivity contribution in [3.63, 3.8) is 0 Å². The van der Waals surface area contributed by atoms with E-state index < -0.39 is 78.7 Å². The average Bonchev–Trinajstić information content (AvgIpc) is 3.58. The van der Waals surface area contributed by atoms with E-state index in [9.17, 15) is 47.0 Å². The van der Waals surface area contributed by atoms with Crippen molar-refractivity contribution in [1.82, 2.24) is 31.2 Å². The second kappa shape index (κ2) is 17.3. The largest absolute Gasteiger partial charge is 0.483 e. The topological polar surface area (TPSA) is 224 Å². The van der Waals surface area contributed by atoms with Gasteiger partial charge in [-0.1, -0.05) is 0 Å². The first-order chi connectivity index (χ1) is 21.1. The predicted octanol–water partition coefficient (Wildman–Crippen LogP) is 0.329. The number of hydrogen-bond donors (Lipinski definition) is 6. The lowest BCUT2D eigenvalue weighted by Gasteiger charge is -2.29. The van der Waals surface area contributed by atoms with Crippen LogP contribution in [0.4, 0.5) is 13.2 Å². The summed E-state index contributed by atoms with van der Waals surface area (Å²) in [5, 5.41) is 28.7. The van der Waals surface area contributed by atoms with Crippen LogP contribution in [0.15, 0.2) is 5.38 Å². The zero-order valence-corrected chi connectivity index (χ0v) is 25.0. The number of thiazole rings is 1. The minimum Gasteiger partial charge on any atom is -0.483 e. The van der Waals surface area contributed by atoms with Crippen molar-refractivity contribution >= 4 is 53.3 Å². The van der Waals surface area contributed by atoms with Crippen LogP contribution in [0.3, 0.4) is 0 Å². The molecule has 4 atom stereocenters. The molecule has 1 aromatic rings. The number of amides is 5. The van der Waals surface area contributed by atoms with E-state index >= 15 is 0 Å². The quantitative estimate of drug-likeness (QED) is 0.229. The Morgan fingerprint density at radius 3 is 2.47 bits per heavy atom. The standard InChI is InChI=1S/C25H33F3N6O7S.CH2O2/c1-13-30-17(12-42-13)21(37)31-14-10-18-22(38)33-16(24(40)41)5-6-19(35)29-9-3-2-4-15(23(39)34(18)11-14)32-20(36)7-8-25(26,27)28;2-1-3/h12,14-16,18H,2-11H2,1H3,(H,29,35)(H,31,37)(H,32,36)(H,33,38)(H,40,41);1H,(H,2,3)/t14-,15+,16?,18+;/m1./s1. The number of rotatable bonds is 6. The summed E-state index contributed by atoms with van der Waals surface area (Å²) in [6.45, 7) is 1.46. The van der Waals surface area contributed by atoms with Crippen molar-refractivity contribution in [3.8, 4) is 0 Å². The molecule has 19 heteroatoms. The van der Waals surface area contributed by atoms with Crippen molar-refractivity contribution in [3.05, 3.63) is 16.1 Å². The van der Waals surface area contributed by atoms with E-state index in [1.165, 1.54) is 16.7 Å². The van der Waals surface area contributed by atoms with Gasteiger partial charge in [-0.05, 0) is 39.0 Å². The van der Waals surface area contributed by atoms with Gasteiger partial charge in [0.15, 0.2) is 0 Å². The molecule has 5 amide bonds. The summed E-state index contributed by atoms with van der Waals surface area (Å²) in [5.74, 6) is -5.01. The van der Waals surface area contributed by atoms with Crippen LogP contribution in [0.1, 0.15) is 66.9 Å². The highest BCUT2D eigenvalue weighted by Crippen LogP contribution is 2.24. The lowest BCUT2D eigenvalue weighted by Crippen LogP contribution is -2.55. The number of nitrogens with one attached hydrogen (secondary N) is 4. The molecule has 2 aliphatic rings. The zero-order chi connectivity index (χ0) is 33.7. The number of carboxylic acids is 1. The molecule has 0 bridgehead atoms. The van der Waals surface area contributed by atoms with Crippen LogP contribution in [0, 0.1) is 6.92 Å². The summed E-state index contributed by atoms with van der Waals surface area (Å²) in [4.78, 5) is 89.7. The number of hydrogen-bond acceptors (Lipinski definition) is 9. The lowest BCUT2D eigenvalue weighted by molar-refractivity contribution is -0.147. The Morgan fingerprint density at radius 2 is 1.87 bits per heavy atom. The average molecular weight is 665 g/mol. The maximum absolute atomic E-state index is 13.7. The number of fused-ring (bicyclic) bond motifs is 1. The SMILES string of the molecule is Cc1nc(C(=O)N[C@@H]2C[C@H]3C(=O)NC(C(=O)O)CCC(=O)NCCCC[C@H](NC(=O)CCC(F)(F)F)C(=O)N3C2)cs1.O=CO. The van der Waals surface area contributed by atoms with Gasteiger partial charge >= 0.3 is 12.1 Å². The third-order valence-corrected chi connectivity index (χ3v) is 7.63. The molecule has 0 saturated carbocycles. The van der Waals surface area contributed by atoms with Gasteiger partial charge in [-0.15, -0.1) is 11.3 Å². The van der Waals surface area contributed by atoms with Gasteiger partial charge in [0, 0.05) is 37.4 Å². The van der Waals surface area contributed by atoms with Crippen LogP contribution in [-0.4, -0.2) is 106 Å². The highest BCUT2D eigenvalue weighted by Gasteiger charge is 2.43. The van der Waals surface area contributed by atoms with Gasteiger partial charge in [-0.3, -0.25) is 28.8 Å². The van der Waals surface area contributed by atoms with E-state index in [-0.39, 0.29) is 50.9 Å². The molecule has 0 aliphatic carbocycles. The van der Waals surface area contributed by atoms with Gasteiger partial charge in [-0.2, -0.15) is 13.2 Å². The molecule has 2 saturated heterocycles. The third-order valence-electron chi connectivity index (χ3n) is 6.86. The first kappa shape index (κ1) is 36.9. The number of halogens is 3. The Balaban J connectivity index is 0.00000226. The fourth-order valence-electron chi connectivity index (χ4n) is 4.73. The van der Waals surface area contributed by atoms with Gasteiger partial charge in [0.2, 0.25) is 23.6 Å². The molecule has 2 fully saturated rings. The number of aromatic nitrogens is 1. The van der Waals surface area contributed by atoms with Crippen molar-refractivity contribution in [2.45, 2.75) is 88.6 Å². The fraction of sp³-hybridized carbons (Fsp3) is 0.615. The first-order valence-corrected chi connectivity index (χ1v) is 14.8. The van der Waals surface area contributed by atoms with Crippen molar-refractivity contribution < 1.29 is 56.9 Å². The number of aliphatic carboxylic acids is 1. The van der Waals surface area contributed by atoms with Gasteiger partial charge < -0.3 is 36.4 Å². The number of alkyl halides is 3. The molecule has 15 nitrogen and oxygen atoms in total. The number of carboxylic acid groups (broad SMARTS) is 2. The molecule has 3 rings (SSSR count). The molecule has 1 aromatic heterocycles. The number of nitrogens with zero attached hydrogens (tertiary/aromatic N) is 2. The second-order valence-electron chi connectivity index (χ2n) is 10.3. The van der Waals surface area contributed by atoms with Crippen LogP contribution < -0.4 is 21.3 Å². The van der Waals surface area contributed by atoms with E-state index in [4.69, 9.17) is 9.90 Å². The van der Waals surface area contributed by atoms with Crippen LogP contribution in [0.25, 0.3) is 0 Å². The summed E-state index contributed by atoms with van der Waals surface area (Å²) in [5.41, 5.74) is 0.136. The third kappa shape index (κ3) is 12.3. The molecule has 1 unspecified atom stereocenters. The highest BCUT2D eigenvalue weighted by molar-refractivity contribution is 7.09. The summed E-state index contributed by atoms with van der Waals surface area (Å²) < 4.78 is 38.0. The molecular weight excluding hydrogens is 629 g/mol. The maximum atomic E-state index is 13.7. The normalized spacial score (nSPS) is 23.1. The Bertz CT molecular complexity index is 1240. The van der Waals surface area contributed by atoms with Crippen LogP contribution in [0.5, 0.6) is 0 Å². The molecule has 0 radical (unpaired) electrons. The van der Waals surface area contributed by atoms with E-state index in [1.54, 1.807) is 6.92 Å². The second-order valence-corrected chi connectivity index (χ2v) is 11.4. The number of carbonyl (C=O) groups excluding carboxylic acids is 5. The van der Waals surface area contributed by atoms with Crippen molar-refractivity contribution in [2.75, 3.05) is 13.1 Å². The molecule has 250 valence electrons. The van der Waals surface area contributed by atoms with Gasteiger partial charge in [0.05, 0.1) is 11.4 Å². The molecule has 2 aliphatic heterocycles. The highest BCUT2D eigenvalue weighted by atomic mass is 32.1. The van der Waals surface area contributed by atoms with E-state index in [1.807, 2.05) is 0 Å². The molecular formula is C26H35F3N6O9S. The van der Waals surface area contributed by atoms with Gasteiger partial charge in [0.25, 0.3) is 12.4 Å². The summed E-state index contributed by atoms with van der Waals surface area (Å²) in [6, 6.07) is -4.77. The molecule has 0 spiro atoms. The predicted molar refractivity (Wildman–Crippen MR) is 150 cm³/mol.